The lowest BCUT2D eigenvalue weighted by Crippen LogP contribution is -2.36. The molecule has 4 N–H and O–H groups in total. The fourth-order valence-electron chi connectivity index (χ4n) is 2.11. The summed E-state index contributed by atoms with van der Waals surface area (Å²) < 4.78 is 5.30. The SMILES string of the molecule is COc1cc(C)c(C(N)CC(C)(C)N)cc1C. The lowest BCUT2D eigenvalue weighted by Gasteiger charge is -2.25. The molecule has 0 amide bonds. The second-order valence-electron chi connectivity index (χ2n) is 5.48. The van der Waals surface area contributed by atoms with Crippen LogP contribution in [0.25, 0.3) is 0 Å². The second kappa shape index (κ2) is 5.07. The van der Waals surface area contributed by atoms with Crippen molar-refractivity contribution in [2.24, 2.45) is 11.5 Å². The Hall–Kier alpha value is -1.06. The Labute approximate surface area is 104 Å². The molecule has 0 radical (unpaired) electrons. The highest BCUT2D eigenvalue weighted by Gasteiger charge is 2.19. The van der Waals surface area contributed by atoms with E-state index in [1.165, 1.54) is 0 Å². The molecule has 3 heteroatoms. The van der Waals surface area contributed by atoms with Gasteiger partial charge in [0.25, 0.3) is 0 Å². The molecule has 0 aliphatic rings. The first kappa shape index (κ1) is 14.0. The Kier molecular flexibility index (Phi) is 4.17. The molecular weight excluding hydrogens is 212 g/mol. The van der Waals surface area contributed by atoms with E-state index >= 15 is 0 Å². The Bertz CT molecular complexity index is 394. The minimum atomic E-state index is -0.250. The highest BCUT2D eigenvalue weighted by molar-refractivity contribution is 5.42. The predicted octanol–water partition coefficient (Wildman–Crippen LogP) is 2.44. The second-order valence-corrected chi connectivity index (χ2v) is 5.48. The maximum atomic E-state index is 6.22. The standard InChI is InChI=1S/C14H24N2O/c1-9-7-13(17-5)10(2)6-11(9)12(15)8-14(3,4)16/h6-7,12H,8,15-16H2,1-5H3. The molecule has 0 aliphatic carbocycles. The zero-order chi connectivity index (χ0) is 13.2. The van der Waals surface area contributed by atoms with Gasteiger partial charge in [0.15, 0.2) is 0 Å². The third-order valence-corrected chi connectivity index (χ3v) is 2.93. The fraction of sp³-hybridized carbons (Fsp3) is 0.571. The lowest BCUT2D eigenvalue weighted by atomic mass is 9.89. The molecule has 0 fully saturated rings. The summed E-state index contributed by atoms with van der Waals surface area (Å²) >= 11 is 0. The zero-order valence-electron chi connectivity index (χ0n) is 11.5. The summed E-state index contributed by atoms with van der Waals surface area (Å²) in [6, 6.07) is 4.11. The van der Waals surface area contributed by atoms with Crippen molar-refractivity contribution in [3.63, 3.8) is 0 Å². The zero-order valence-corrected chi connectivity index (χ0v) is 11.5. The van der Waals surface area contributed by atoms with Crippen LogP contribution in [0, 0.1) is 13.8 Å². The molecule has 3 nitrogen and oxygen atoms in total. The van der Waals surface area contributed by atoms with Crippen molar-refractivity contribution in [3.8, 4) is 5.75 Å². The highest BCUT2D eigenvalue weighted by atomic mass is 16.5. The van der Waals surface area contributed by atoms with E-state index in [0.717, 1.165) is 28.9 Å². The number of nitrogens with two attached hydrogens (primary N) is 2. The molecule has 0 heterocycles. The van der Waals surface area contributed by atoms with Gasteiger partial charge in [-0.2, -0.15) is 0 Å². The number of hydrogen-bond acceptors (Lipinski definition) is 3. The Morgan fingerprint density at radius 2 is 1.82 bits per heavy atom. The van der Waals surface area contributed by atoms with E-state index in [2.05, 4.69) is 13.0 Å². The molecule has 1 atom stereocenters. The predicted molar refractivity (Wildman–Crippen MR) is 72.3 cm³/mol. The van der Waals surface area contributed by atoms with Crippen LogP contribution in [0.4, 0.5) is 0 Å². The summed E-state index contributed by atoms with van der Waals surface area (Å²) in [5.41, 5.74) is 15.4. The number of aryl methyl sites for hydroxylation is 2. The largest absolute Gasteiger partial charge is 0.496 e. The van der Waals surface area contributed by atoms with E-state index < -0.39 is 0 Å². The van der Waals surface area contributed by atoms with Gasteiger partial charge in [0.05, 0.1) is 7.11 Å². The van der Waals surface area contributed by atoms with Gasteiger partial charge in [0, 0.05) is 11.6 Å². The van der Waals surface area contributed by atoms with Crippen LogP contribution in [0.15, 0.2) is 12.1 Å². The first-order chi connectivity index (χ1) is 7.74. The van der Waals surface area contributed by atoms with E-state index in [-0.39, 0.29) is 11.6 Å². The van der Waals surface area contributed by atoms with E-state index in [9.17, 15) is 0 Å². The summed E-state index contributed by atoms with van der Waals surface area (Å²) in [6.07, 6.45) is 0.764. The molecule has 0 spiro atoms. The maximum Gasteiger partial charge on any atom is 0.122 e. The molecular formula is C14H24N2O. The van der Waals surface area contributed by atoms with Gasteiger partial charge in [0.1, 0.15) is 5.75 Å². The fourth-order valence-corrected chi connectivity index (χ4v) is 2.11. The van der Waals surface area contributed by atoms with Gasteiger partial charge in [-0.05, 0) is 56.9 Å². The van der Waals surface area contributed by atoms with Gasteiger partial charge >= 0.3 is 0 Å². The van der Waals surface area contributed by atoms with Gasteiger partial charge in [-0.15, -0.1) is 0 Å². The smallest absolute Gasteiger partial charge is 0.122 e. The van der Waals surface area contributed by atoms with Gasteiger partial charge in [-0.25, -0.2) is 0 Å². The molecule has 1 aromatic rings. The molecule has 1 unspecified atom stereocenters. The van der Waals surface area contributed by atoms with Crippen LogP contribution < -0.4 is 16.2 Å². The summed E-state index contributed by atoms with van der Waals surface area (Å²) in [5, 5.41) is 0. The third-order valence-electron chi connectivity index (χ3n) is 2.93. The van der Waals surface area contributed by atoms with E-state index in [1.807, 2.05) is 26.8 Å². The van der Waals surface area contributed by atoms with Gasteiger partial charge < -0.3 is 16.2 Å². The normalized spacial score (nSPS) is 13.6. The molecule has 0 saturated heterocycles. The number of benzene rings is 1. The summed E-state index contributed by atoms with van der Waals surface area (Å²) in [7, 11) is 1.68. The van der Waals surface area contributed by atoms with E-state index in [4.69, 9.17) is 16.2 Å². The Balaban J connectivity index is 3.02. The van der Waals surface area contributed by atoms with E-state index in [0.29, 0.717) is 0 Å². The van der Waals surface area contributed by atoms with Crippen molar-refractivity contribution in [1.82, 2.24) is 0 Å². The van der Waals surface area contributed by atoms with Crippen molar-refractivity contribution in [3.05, 3.63) is 28.8 Å². The van der Waals surface area contributed by atoms with Crippen LogP contribution in [0.1, 0.15) is 43.0 Å². The van der Waals surface area contributed by atoms with Crippen molar-refractivity contribution in [2.75, 3.05) is 7.11 Å². The minimum Gasteiger partial charge on any atom is -0.496 e. The first-order valence-electron chi connectivity index (χ1n) is 5.94. The average molecular weight is 236 g/mol. The average Bonchev–Trinajstić information content (AvgIpc) is 2.18. The number of methoxy groups -OCH3 is 1. The third kappa shape index (κ3) is 3.72. The molecule has 96 valence electrons. The summed E-state index contributed by atoms with van der Waals surface area (Å²) in [6.45, 7) is 8.08. The van der Waals surface area contributed by atoms with Crippen LogP contribution in [0.3, 0.4) is 0 Å². The molecule has 1 aromatic carbocycles. The number of ether oxygens (including phenoxy) is 1. The molecule has 0 bridgehead atoms. The molecule has 1 rings (SSSR count). The Morgan fingerprint density at radius 3 is 2.29 bits per heavy atom. The van der Waals surface area contributed by atoms with Crippen LogP contribution in [0.5, 0.6) is 5.75 Å². The Morgan fingerprint density at radius 1 is 1.24 bits per heavy atom. The van der Waals surface area contributed by atoms with Gasteiger partial charge in [-0.3, -0.25) is 0 Å². The molecule has 0 saturated carbocycles. The van der Waals surface area contributed by atoms with Crippen molar-refractivity contribution in [1.29, 1.82) is 0 Å². The molecule has 17 heavy (non-hydrogen) atoms. The molecule has 0 aromatic heterocycles. The van der Waals surface area contributed by atoms with Crippen LogP contribution in [-0.2, 0) is 0 Å². The van der Waals surface area contributed by atoms with Crippen molar-refractivity contribution >= 4 is 0 Å². The molecule has 0 aliphatic heterocycles. The lowest BCUT2D eigenvalue weighted by molar-refractivity contribution is 0.409. The quantitative estimate of drug-likeness (QED) is 0.844. The van der Waals surface area contributed by atoms with Crippen molar-refractivity contribution < 1.29 is 4.74 Å². The van der Waals surface area contributed by atoms with Crippen molar-refractivity contribution in [2.45, 2.75) is 45.7 Å². The van der Waals surface area contributed by atoms with E-state index in [1.54, 1.807) is 7.11 Å². The minimum absolute atomic E-state index is 0.0281. The van der Waals surface area contributed by atoms with Crippen LogP contribution >= 0.6 is 0 Å². The first-order valence-corrected chi connectivity index (χ1v) is 5.94. The number of hydrogen-bond donors (Lipinski definition) is 2. The highest BCUT2D eigenvalue weighted by Crippen LogP contribution is 2.28. The number of rotatable bonds is 4. The summed E-state index contributed by atoms with van der Waals surface area (Å²) in [4.78, 5) is 0. The summed E-state index contributed by atoms with van der Waals surface area (Å²) in [5.74, 6) is 0.908. The van der Waals surface area contributed by atoms with Gasteiger partial charge in [-0.1, -0.05) is 6.07 Å². The monoisotopic (exact) mass is 236 g/mol. The van der Waals surface area contributed by atoms with Crippen LogP contribution in [-0.4, -0.2) is 12.6 Å². The van der Waals surface area contributed by atoms with Crippen LogP contribution in [0.2, 0.25) is 0 Å². The van der Waals surface area contributed by atoms with Gasteiger partial charge in [0.2, 0.25) is 0 Å². The maximum absolute atomic E-state index is 6.22. The topological polar surface area (TPSA) is 61.3 Å².